The molecule has 0 aliphatic heterocycles. The summed E-state index contributed by atoms with van der Waals surface area (Å²) in [5, 5.41) is 0. The van der Waals surface area contributed by atoms with Crippen LogP contribution in [0.3, 0.4) is 0 Å². The first kappa shape index (κ1) is 10.5. The molecule has 3 heteroatoms. The number of Topliss-reactive ketones (excluding diaryl/α,β-unsaturated/α-hetero) is 1. The average Bonchev–Trinajstić information content (AvgIpc) is 2.02. The Morgan fingerprint density at radius 1 is 1.46 bits per heavy atom. The molecule has 0 bridgehead atoms. The van der Waals surface area contributed by atoms with Crippen molar-refractivity contribution >= 4 is 28.4 Å². The summed E-state index contributed by atoms with van der Waals surface area (Å²) in [5.41, 5.74) is 1.76. The molecule has 0 aliphatic rings. The van der Waals surface area contributed by atoms with Gasteiger partial charge >= 0.3 is 0 Å². The molecular formula is C10H11IO2. The van der Waals surface area contributed by atoms with E-state index in [-0.39, 0.29) is 5.78 Å². The van der Waals surface area contributed by atoms with Crippen LogP contribution < -0.4 is 4.74 Å². The van der Waals surface area contributed by atoms with Gasteiger partial charge in [-0.25, -0.2) is 0 Å². The smallest absolute Gasteiger partial charge is 0.161 e. The van der Waals surface area contributed by atoms with Crippen molar-refractivity contribution in [3.63, 3.8) is 0 Å². The van der Waals surface area contributed by atoms with Crippen LogP contribution in [-0.4, -0.2) is 12.9 Å². The van der Waals surface area contributed by atoms with E-state index < -0.39 is 0 Å². The quantitative estimate of drug-likeness (QED) is 0.618. The largest absolute Gasteiger partial charge is 0.497 e. The lowest BCUT2D eigenvalue weighted by Crippen LogP contribution is -2.00. The van der Waals surface area contributed by atoms with E-state index in [1.54, 1.807) is 14.0 Å². The standard InChI is InChI=1S/C10H11IO2/c1-6-4-8(13-3)5-9(11)10(6)7(2)12/h4-5H,1-3H3. The molecule has 0 radical (unpaired) electrons. The van der Waals surface area contributed by atoms with Crippen molar-refractivity contribution in [1.29, 1.82) is 0 Å². The summed E-state index contributed by atoms with van der Waals surface area (Å²) in [6.45, 7) is 3.50. The van der Waals surface area contributed by atoms with Gasteiger partial charge in [0.25, 0.3) is 0 Å². The van der Waals surface area contributed by atoms with Gasteiger partial charge in [0, 0.05) is 9.13 Å². The molecule has 1 rings (SSSR count). The summed E-state index contributed by atoms with van der Waals surface area (Å²) < 4.78 is 6.04. The maximum absolute atomic E-state index is 11.2. The summed E-state index contributed by atoms with van der Waals surface area (Å²) in [4.78, 5) is 11.2. The summed E-state index contributed by atoms with van der Waals surface area (Å²) >= 11 is 2.15. The lowest BCUT2D eigenvalue weighted by molar-refractivity contribution is 0.101. The van der Waals surface area contributed by atoms with Crippen molar-refractivity contribution in [2.45, 2.75) is 13.8 Å². The third kappa shape index (κ3) is 2.21. The molecule has 1 aromatic carbocycles. The van der Waals surface area contributed by atoms with Crippen LogP contribution in [0.5, 0.6) is 5.75 Å². The van der Waals surface area contributed by atoms with Crippen molar-refractivity contribution in [3.8, 4) is 5.75 Å². The number of methoxy groups -OCH3 is 1. The molecule has 70 valence electrons. The minimum absolute atomic E-state index is 0.101. The van der Waals surface area contributed by atoms with E-state index in [0.29, 0.717) is 0 Å². The van der Waals surface area contributed by atoms with Crippen LogP contribution in [0.2, 0.25) is 0 Å². The molecule has 0 unspecified atom stereocenters. The SMILES string of the molecule is COc1cc(C)c(C(C)=O)c(I)c1. The first-order chi connectivity index (χ1) is 6.06. The zero-order valence-electron chi connectivity index (χ0n) is 7.85. The molecule has 1 aromatic rings. The number of carbonyl (C=O) groups excluding carboxylic acids is 1. The van der Waals surface area contributed by atoms with Gasteiger partial charge in [-0.1, -0.05) is 0 Å². The number of benzene rings is 1. The number of carbonyl (C=O) groups is 1. The normalized spacial score (nSPS) is 9.85. The van der Waals surface area contributed by atoms with Crippen molar-refractivity contribution in [2.75, 3.05) is 7.11 Å². The highest BCUT2D eigenvalue weighted by atomic mass is 127. The maximum atomic E-state index is 11.2. The van der Waals surface area contributed by atoms with Gasteiger partial charge in [-0.15, -0.1) is 0 Å². The van der Waals surface area contributed by atoms with Crippen LogP contribution in [0.15, 0.2) is 12.1 Å². The van der Waals surface area contributed by atoms with Crippen LogP contribution in [0.4, 0.5) is 0 Å². The predicted octanol–water partition coefficient (Wildman–Crippen LogP) is 2.81. The third-order valence-electron chi connectivity index (χ3n) is 1.85. The lowest BCUT2D eigenvalue weighted by Gasteiger charge is -2.07. The van der Waals surface area contributed by atoms with Gasteiger partial charge in [0.15, 0.2) is 5.78 Å². The minimum atomic E-state index is 0.101. The fourth-order valence-corrected chi connectivity index (χ4v) is 2.39. The molecule has 13 heavy (non-hydrogen) atoms. The molecule has 0 heterocycles. The van der Waals surface area contributed by atoms with Gasteiger partial charge in [-0.2, -0.15) is 0 Å². The van der Waals surface area contributed by atoms with Crippen molar-refractivity contribution < 1.29 is 9.53 Å². The van der Waals surface area contributed by atoms with E-state index in [1.807, 2.05) is 19.1 Å². The molecule has 0 N–H and O–H groups in total. The highest BCUT2D eigenvalue weighted by Crippen LogP contribution is 2.23. The van der Waals surface area contributed by atoms with Crippen molar-refractivity contribution in [2.24, 2.45) is 0 Å². The molecule has 0 amide bonds. The monoisotopic (exact) mass is 290 g/mol. The zero-order chi connectivity index (χ0) is 10.0. The summed E-state index contributed by atoms with van der Waals surface area (Å²) in [5.74, 6) is 0.899. The maximum Gasteiger partial charge on any atom is 0.161 e. The van der Waals surface area contributed by atoms with Crippen LogP contribution in [0, 0.1) is 10.5 Å². The van der Waals surface area contributed by atoms with E-state index in [9.17, 15) is 4.79 Å². The first-order valence-corrected chi connectivity index (χ1v) is 4.99. The van der Waals surface area contributed by atoms with E-state index >= 15 is 0 Å². The number of hydrogen-bond donors (Lipinski definition) is 0. The van der Waals surface area contributed by atoms with Crippen LogP contribution in [0.1, 0.15) is 22.8 Å². The Balaban J connectivity index is 3.31. The van der Waals surface area contributed by atoms with Gasteiger partial charge in [0.1, 0.15) is 5.75 Å². The van der Waals surface area contributed by atoms with Gasteiger partial charge in [0.05, 0.1) is 7.11 Å². The fourth-order valence-electron chi connectivity index (χ4n) is 1.28. The molecule has 0 atom stereocenters. The second kappa shape index (κ2) is 4.09. The third-order valence-corrected chi connectivity index (χ3v) is 2.70. The molecule has 0 saturated heterocycles. The Morgan fingerprint density at radius 2 is 2.08 bits per heavy atom. The number of aryl methyl sites for hydroxylation is 1. The number of rotatable bonds is 2. The topological polar surface area (TPSA) is 26.3 Å². The van der Waals surface area contributed by atoms with Gasteiger partial charge in [-0.3, -0.25) is 4.79 Å². The Kier molecular flexibility index (Phi) is 3.30. The fraction of sp³-hybridized carbons (Fsp3) is 0.300. The number of halogens is 1. The summed E-state index contributed by atoms with van der Waals surface area (Å²) in [6.07, 6.45) is 0. The zero-order valence-corrected chi connectivity index (χ0v) is 10.0. The van der Waals surface area contributed by atoms with Gasteiger partial charge in [-0.05, 0) is 54.1 Å². The van der Waals surface area contributed by atoms with E-state index in [1.165, 1.54) is 0 Å². The number of ether oxygens (including phenoxy) is 1. The molecule has 0 spiro atoms. The minimum Gasteiger partial charge on any atom is -0.497 e. The highest BCUT2D eigenvalue weighted by Gasteiger charge is 2.10. The molecule has 2 nitrogen and oxygen atoms in total. The van der Waals surface area contributed by atoms with Gasteiger partial charge < -0.3 is 4.74 Å². The lowest BCUT2D eigenvalue weighted by atomic mass is 10.1. The predicted molar refractivity (Wildman–Crippen MR) is 60.5 cm³/mol. The molecule has 0 saturated carbocycles. The average molecular weight is 290 g/mol. The van der Waals surface area contributed by atoms with Gasteiger partial charge in [0.2, 0.25) is 0 Å². The number of hydrogen-bond acceptors (Lipinski definition) is 2. The second-order valence-electron chi connectivity index (χ2n) is 2.86. The van der Waals surface area contributed by atoms with Crippen LogP contribution >= 0.6 is 22.6 Å². The number of ketones is 1. The Labute approximate surface area is 91.4 Å². The molecular weight excluding hydrogens is 279 g/mol. The molecule has 0 fully saturated rings. The Hall–Kier alpha value is -0.580. The highest BCUT2D eigenvalue weighted by molar-refractivity contribution is 14.1. The van der Waals surface area contributed by atoms with Crippen molar-refractivity contribution in [3.05, 3.63) is 26.8 Å². The second-order valence-corrected chi connectivity index (χ2v) is 4.02. The molecule has 0 aliphatic carbocycles. The van der Waals surface area contributed by atoms with Crippen molar-refractivity contribution in [1.82, 2.24) is 0 Å². The Bertz CT molecular complexity index is 322. The summed E-state index contributed by atoms with van der Waals surface area (Å²) in [6, 6.07) is 3.74. The first-order valence-electron chi connectivity index (χ1n) is 3.91. The van der Waals surface area contributed by atoms with Crippen LogP contribution in [0.25, 0.3) is 0 Å². The Morgan fingerprint density at radius 3 is 2.46 bits per heavy atom. The summed E-state index contributed by atoms with van der Waals surface area (Å²) in [7, 11) is 1.62. The van der Waals surface area contributed by atoms with Crippen LogP contribution in [-0.2, 0) is 0 Å². The van der Waals surface area contributed by atoms with E-state index in [0.717, 1.165) is 20.4 Å². The molecule has 0 aromatic heterocycles. The van der Waals surface area contributed by atoms with E-state index in [4.69, 9.17) is 4.74 Å². The van der Waals surface area contributed by atoms with E-state index in [2.05, 4.69) is 22.6 Å².